The number of aryl methyl sites for hydroxylation is 1. The lowest BCUT2D eigenvalue weighted by atomic mass is 9.95. The highest BCUT2D eigenvalue weighted by molar-refractivity contribution is 5.76. The first kappa shape index (κ1) is 18.4. The third kappa shape index (κ3) is 4.07. The van der Waals surface area contributed by atoms with Crippen molar-refractivity contribution in [3.05, 3.63) is 115 Å². The summed E-state index contributed by atoms with van der Waals surface area (Å²) in [6, 6.07) is 21.6. The van der Waals surface area contributed by atoms with Crippen molar-refractivity contribution < 1.29 is 0 Å². The summed E-state index contributed by atoms with van der Waals surface area (Å²) in [5.41, 5.74) is 9.47. The zero-order valence-corrected chi connectivity index (χ0v) is 15.8. The smallest absolute Gasteiger partial charge is 0.0178 e. The lowest BCUT2D eigenvalue weighted by Gasteiger charge is -2.09. The number of allylic oxidation sites excluding steroid dienone is 2. The van der Waals surface area contributed by atoms with Gasteiger partial charge in [0.25, 0.3) is 0 Å². The number of hydrogen-bond donors (Lipinski definition) is 0. The molecule has 0 bridgehead atoms. The molecule has 0 radical (unpaired) electrons. The van der Waals surface area contributed by atoms with E-state index >= 15 is 0 Å². The molecule has 0 N–H and O–H groups in total. The van der Waals surface area contributed by atoms with Crippen LogP contribution in [0.1, 0.15) is 22.3 Å². The maximum absolute atomic E-state index is 3.91. The minimum absolute atomic E-state index is 1.10. The van der Waals surface area contributed by atoms with Crippen LogP contribution in [0.4, 0.5) is 0 Å². The van der Waals surface area contributed by atoms with E-state index in [2.05, 4.69) is 93.4 Å². The second kappa shape index (κ2) is 8.33. The van der Waals surface area contributed by atoms with Crippen LogP contribution in [0.25, 0.3) is 40.5 Å². The lowest BCUT2D eigenvalue weighted by molar-refractivity contribution is 1.44. The maximum Gasteiger partial charge on any atom is -0.0178 e. The van der Waals surface area contributed by atoms with Gasteiger partial charge in [-0.05, 0) is 63.6 Å². The van der Waals surface area contributed by atoms with Gasteiger partial charge in [0.15, 0.2) is 0 Å². The SMILES string of the molecule is C=C/C=C\c1cc(-c2ccc(-c3ccc(C=C)c(C=C)c3)cc2)ccc1C. The lowest BCUT2D eigenvalue weighted by Crippen LogP contribution is -1.86. The molecule has 0 saturated carbocycles. The zero-order chi connectivity index (χ0) is 19.2. The minimum atomic E-state index is 1.10. The molecule has 0 fully saturated rings. The number of benzene rings is 3. The summed E-state index contributed by atoms with van der Waals surface area (Å²) in [4.78, 5) is 0. The molecule has 3 rings (SSSR count). The van der Waals surface area contributed by atoms with E-state index in [1.165, 1.54) is 33.4 Å². The quantitative estimate of drug-likeness (QED) is 0.398. The Bertz CT molecular complexity index is 1010. The summed E-state index contributed by atoms with van der Waals surface area (Å²) in [6.45, 7) is 13.6. The molecule has 0 amide bonds. The predicted molar refractivity (Wildman–Crippen MR) is 121 cm³/mol. The summed E-state index contributed by atoms with van der Waals surface area (Å²) >= 11 is 0. The van der Waals surface area contributed by atoms with Gasteiger partial charge in [0.2, 0.25) is 0 Å². The highest BCUT2D eigenvalue weighted by Crippen LogP contribution is 2.28. The Morgan fingerprint density at radius 2 is 1.11 bits per heavy atom. The van der Waals surface area contributed by atoms with Crippen LogP contribution in [0.3, 0.4) is 0 Å². The molecule has 0 aliphatic rings. The Kier molecular flexibility index (Phi) is 5.68. The molecule has 0 aliphatic heterocycles. The van der Waals surface area contributed by atoms with Gasteiger partial charge in [-0.25, -0.2) is 0 Å². The van der Waals surface area contributed by atoms with E-state index in [1.54, 1.807) is 6.08 Å². The molecule has 0 aromatic heterocycles. The van der Waals surface area contributed by atoms with Crippen LogP contribution < -0.4 is 0 Å². The van der Waals surface area contributed by atoms with Crippen molar-refractivity contribution in [2.45, 2.75) is 6.92 Å². The number of rotatable bonds is 6. The summed E-state index contributed by atoms with van der Waals surface area (Å²) in [7, 11) is 0. The van der Waals surface area contributed by atoms with Gasteiger partial charge in [-0.3, -0.25) is 0 Å². The van der Waals surface area contributed by atoms with Gasteiger partial charge in [-0.2, -0.15) is 0 Å². The van der Waals surface area contributed by atoms with Crippen molar-refractivity contribution in [1.29, 1.82) is 0 Å². The summed E-state index contributed by atoms with van der Waals surface area (Å²) < 4.78 is 0. The van der Waals surface area contributed by atoms with Crippen LogP contribution in [0.15, 0.2) is 92.6 Å². The summed E-state index contributed by atoms with van der Waals surface area (Å²) in [5, 5.41) is 0. The van der Waals surface area contributed by atoms with Crippen molar-refractivity contribution in [2.24, 2.45) is 0 Å². The fourth-order valence-electron chi connectivity index (χ4n) is 3.14. The highest BCUT2D eigenvalue weighted by Gasteiger charge is 2.04. The third-order valence-electron chi connectivity index (χ3n) is 4.77. The Balaban J connectivity index is 1.94. The Labute approximate surface area is 162 Å². The van der Waals surface area contributed by atoms with Gasteiger partial charge in [0.1, 0.15) is 0 Å². The fourth-order valence-corrected chi connectivity index (χ4v) is 3.14. The normalized spacial score (nSPS) is 10.7. The van der Waals surface area contributed by atoms with Crippen molar-refractivity contribution >= 4 is 18.2 Å². The van der Waals surface area contributed by atoms with Crippen LogP contribution in [0.2, 0.25) is 0 Å². The van der Waals surface area contributed by atoms with E-state index in [-0.39, 0.29) is 0 Å². The second-order valence-electron chi connectivity index (χ2n) is 6.50. The molecule has 0 spiro atoms. The standard InChI is InChI=1S/C27H24/c1-5-8-9-25-19-26(11-10-20(25)4)23-13-15-24(16-14-23)27-17-12-21(6-2)22(7-3)18-27/h5-19H,1-3H2,4H3/b9-8-. The van der Waals surface area contributed by atoms with Gasteiger partial charge in [0, 0.05) is 0 Å². The third-order valence-corrected chi connectivity index (χ3v) is 4.77. The first-order valence-corrected chi connectivity index (χ1v) is 9.05. The van der Waals surface area contributed by atoms with Gasteiger partial charge in [0.05, 0.1) is 0 Å². The van der Waals surface area contributed by atoms with Gasteiger partial charge >= 0.3 is 0 Å². The number of hydrogen-bond acceptors (Lipinski definition) is 0. The molecule has 0 heteroatoms. The molecule has 0 atom stereocenters. The van der Waals surface area contributed by atoms with Gasteiger partial charge in [-0.1, -0.05) is 98.6 Å². The van der Waals surface area contributed by atoms with Crippen molar-refractivity contribution in [3.8, 4) is 22.3 Å². The molecular formula is C27H24. The first-order valence-electron chi connectivity index (χ1n) is 9.05. The molecule has 132 valence electrons. The molecular weight excluding hydrogens is 324 g/mol. The van der Waals surface area contributed by atoms with Crippen molar-refractivity contribution in [1.82, 2.24) is 0 Å². The van der Waals surface area contributed by atoms with E-state index in [4.69, 9.17) is 0 Å². The Hall–Kier alpha value is -3.38. The van der Waals surface area contributed by atoms with Crippen LogP contribution in [0.5, 0.6) is 0 Å². The van der Waals surface area contributed by atoms with Gasteiger partial charge < -0.3 is 0 Å². The topological polar surface area (TPSA) is 0 Å². The fraction of sp³-hybridized carbons (Fsp3) is 0.0370. The first-order chi connectivity index (χ1) is 13.2. The molecule has 0 saturated heterocycles. The van der Waals surface area contributed by atoms with Crippen molar-refractivity contribution in [3.63, 3.8) is 0 Å². The maximum atomic E-state index is 3.91. The molecule has 0 heterocycles. The van der Waals surface area contributed by atoms with Crippen LogP contribution in [-0.4, -0.2) is 0 Å². The monoisotopic (exact) mass is 348 g/mol. The Morgan fingerprint density at radius 1 is 0.593 bits per heavy atom. The van der Waals surface area contributed by atoms with Crippen LogP contribution in [-0.2, 0) is 0 Å². The molecule has 0 aliphatic carbocycles. The molecule has 3 aromatic rings. The van der Waals surface area contributed by atoms with Crippen LogP contribution >= 0.6 is 0 Å². The van der Waals surface area contributed by atoms with Crippen LogP contribution in [0, 0.1) is 6.92 Å². The van der Waals surface area contributed by atoms with E-state index in [9.17, 15) is 0 Å². The highest BCUT2D eigenvalue weighted by atomic mass is 14.1. The Morgan fingerprint density at radius 3 is 1.67 bits per heavy atom. The molecule has 0 nitrogen and oxygen atoms in total. The largest absolute Gasteiger partial charge is 0.0991 e. The molecule has 3 aromatic carbocycles. The summed E-state index contributed by atoms with van der Waals surface area (Å²) in [6.07, 6.45) is 9.60. The van der Waals surface area contributed by atoms with E-state index < -0.39 is 0 Å². The molecule has 27 heavy (non-hydrogen) atoms. The average molecular weight is 348 g/mol. The minimum Gasteiger partial charge on any atom is -0.0991 e. The average Bonchev–Trinajstić information content (AvgIpc) is 2.72. The summed E-state index contributed by atoms with van der Waals surface area (Å²) in [5.74, 6) is 0. The zero-order valence-electron chi connectivity index (χ0n) is 15.8. The van der Waals surface area contributed by atoms with Crippen molar-refractivity contribution in [2.75, 3.05) is 0 Å². The predicted octanol–water partition coefficient (Wildman–Crippen LogP) is 7.81. The van der Waals surface area contributed by atoms with E-state index in [1.807, 2.05) is 18.2 Å². The second-order valence-corrected chi connectivity index (χ2v) is 6.50. The van der Waals surface area contributed by atoms with Gasteiger partial charge in [-0.15, -0.1) is 0 Å². The van der Waals surface area contributed by atoms with E-state index in [0.717, 1.165) is 11.1 Å². The van der Waals surface area contributed by atoms with E-state index in [0.29, 0.717) is 0 Å². The molecule has 0 unspecified atom stereocenters.